The van der Waals surface area contributed by atoms with Crippen LogP contribution in [0.3, 0.4) is 0 Å². The van der Waals surface area contributed by atoms with E-state index in [1.54, 1.807) is 24.3 Å². The summed E-state index contributed by atoms with van der Waals surface area (Å²) in [6.07, 6.45) is 1.56. The van der Waals surface area contributed by atoms with Gasteiger partial charge >= 0.3 is 5.97 Å². The van der Waals surface area contributed by atoms with E-state index in [4.69, 9.17) is 22.0 Å². The van der Waals surface area contributed by atoms with E-state index in [2.05, 4.69) is 10.6 Å². The van der Waals surface area contributed by atoms with Crippen molar-refractivity contribution in [3.8, 4) is 6.07 Å². The summed E-state index contributed by atoms with van der Waals surface area (Å²) in [6, 6.07) is 7.89. The van der Waals surface area contributed by atoms with Crippen molar-refractivity contribution in [3.63, 3.8) is 0 Å². The third-order valence-electron chi connectivity index (χ3n) is 3.12. The first-order valence-electron chi connectivity index (χ1n) is 7.45. The Hall–Kier alpha value is -2.52. The van der Waals surface area contributed by atoms with Crippen LogP contribution in [0, 0.1) is 17.2 Å². The summed E-state index contributed by atoms with van der Waals surface area (Å²) < 4.78 is 0. The lowest BCUT2D eigenvalue weighted by atomic mass is 10.0. The van der Waals surface area contributed by atoms with Gasteiger partial charge in [-0.1, -0.05) is 37.6 Å². The third-order valence-corrected chi connectivity index (χ3v) is 3.35. The number of rotatable bonds is 8. The highest BCUT2D eigenvalue weighted by Crippen LogP contribution is 2.10. The van der Waals surface area contributed by atoms with E-state index in [1.807, 2.05) is 19.9 Å². The van der Waals surface area contributed by atoms with E-state index < -0.39 is 17.9 Å². The number of amides is 1. The number of aliphatic carboxylic acids is 1. The molecule has 0 aliphatic carbocycles. The Morgan fingerprint density at radius 2 is 2.12 bits per heavy atom. The molecule has 0 aromatic heterocycles. The number of nitrogens with zero attached hydrogens (tertiary/aromatic N) is 1. The molecule has 0 bridgehead atoms. The number of carbonyl (C=O) groups is 2. The number of benzene rings is 1. The van der Waals surface area contributed by atoms with Crippen LogP contribution in [0.1, 0.15) is 25.8 Å². The van der Waals surface area contributed by atoms with Gasteiger partial charge in [-0.3, -0.25) is 4.79 Å². The van der Waals surface area contributed by atoms with Crippen molar-refractivity contribution in [1.29, 1.82) is 5.26 Å². The molecule has 1 rings (SSSR count). The number of nitrogens with one attached hydrogen (secondary N) is 2. The number of carboxylic acids is 1. The predicted molar refractivity (Wildman–Crippen MR) is 91.0 cm³/mol. The van der Waals surface area contributed by atoms with Crippen molar-refractivity contribution >= 4 is 23.5 Å². The summed E-state index contributed by atoms with van der Waals surface area (Å²) >= 11 is 5.88. The number of hydrogen-bond acceptors (Lipinski definition) is 4. The van der Waals surface area contributed by atoms with E-state index in [1.165, 1.54) is 6.20 Å². The minimum Gasteiger partial charge on any atom is -0.480 e. The predicted octanol–water partition coefficient (Wildman–Crippen LogP) is 2.45. The largest absolute Gasteiger partial charge is 0.480 e. The molecule has 0 saturated heterocycles. The minimum atomic E-state index is -1.12. The van der Waals surface area contributed by atoms with Crippen molar-refractivity contribution in [2.75, 3.05) is 0 Å². The number of nitriles is 1. The number of hydrogen-bond donors (Lipinski definition) is 3. The molecule has 3 N–H and O–H groups in total. The zero-order chi connectivity index (χ0) is 18.1. The summed E-state index contributed by atoms with van der Waals surface area (Å²) in [5, 5.41) is 24.0. The van der Waals surface area contributed by atoms with Crippen LogP contribution in [0.4, 0.5) is 0 Å². The Kier molecular flexibility index (Phi) is 7.80. The van der Waals surface area contributed by atoms with Crippen LogP contribution in [-0.4, -0.2) is 23.0 Å². The van der Waals surface area contributed by atoms with Crippen molar-refractivity contribution in [2.24, 2.45) is 5.92 Å². The standard InChI is InChI=1S/C17H20ClN3O3/c1-11(2)6-15(17(23)24)21-16(22)13(8-19)10-20-9-12-4-3-5-14(18)7-12/h3-5,7,10-11,15,20H,6,9H2,1-2H3,(H,21,22)(H,23,24)/b13-10-. The minimum absolute atomic E-state index is 0.0990. The number of halogens is 1. The van der Waals surface area contributed by atoms with Crippen molar-refractivity contribution in [2.45, 2.75) is 32.9 Å². The maximum Gasteiger partial charge on any atom is 0.326 e. The number of carboxylic acid groups (broad SMARTS) is 1. The molecule has 24 heavy (non-hydrogen) atoms. The van der Waals surface area contributed by atoms with Crippen LogP contribution in [-0.2, 0) is 16.1 Å². The molecule has 0 heterocycles. The lowest BCUT2D eigenvalue weighted by Crippen LogP contribution is -2.42. The zero-order valence-corrected chi connectivity index (χ0v) is 14.3. The second-order valence-corrected chi connectivity index (χ2v) is 6.11. The fourth-order valence-electron chi connectivity index (χ4n) is 2.00. The molecular weight excluding hydrogens is 330 g/mol. The lowest BCUT2D eigenvalue weighted by molar-refractivity contribution is -0.141. The normalized spacial score (nSPS) is 12.4. The van der Waals surface area contributed by atoms with Gasteiger partial charge in [-0.25, -0.2) is 4.79 Å². The molecule has 6 nitrogen and oxygen atoms in total. The maximum atomic E-state index is 12.0. The topological polar surface area (TPSA) is 102 Å². The monoisotopic (exact) mass is 349 g/mol. The maximum absolute atomic E-state index is 12.0. The highest BCUT2D eigenvalue weighted by molar-refractivity contribution is 6.30. The molecule has 1 aromatic rings. The second-order valence-electron chi connectivity index (χ2n) is 5.67. The SMILES string of the molecule is CC(C)CC(NC(=O)/C(C#N)=C\NCc1cccc(Cl)c1)C(=O)O. The number of carbonyl (C=O) groups excluding carboxylic acids is 1. The fourth-order valence-corrected chi connectivity index (χ4v) is 2.21. The summed E-state index contributed by atoms with van der Waals surface area (Å²) in [7, 11) is 0. The Bertz CT molecular complexity index is 665. The van der Waals surface area contributed by atoms with Crippen LogP contribution in [0.15, 0.2) is 36.0 Å². The van der Waals surface area contributed by atoms with Gasteiger partial charge in [0.25, 0.3) is 5.91 Å². The molecular formula is C17H20ClN3O3. The van der Waals surface area contributed by atoms with Gasteiger partial charge < -0.3 is 15.7 Å². The third kappa shape index (κ3) is 6.71. The van der Waals surface area contributed by atoms with Crippen molar-refractivity contribution in [1.82, 2.24) is 10.6 Å². The van der Waals surface area contributed by atoms with Gasteiger partial charge in [-0.15, -0.1) is 0 Å². The average molecular weight is 350 g/mol. The van der Waals surface area contributed by atoms with Crippen LogP contribution in [0.5, 0.6) is 0 Å². The first kappa shape index (κ1) is 19.5. The molecule has 0 saturated carbocycles. The Labute approximate surface area is 146 Å². The molecule has 0 spiro atoms. The van der Waals surface area contributed by atoms with Crippen molar-refractivity contribution < 1.29 is 14.7 Å². The molecule has 1 atom stereocenters. The lowest BCUT2D eigenvalue weighted by Gasteiger charge is -2.16. The molecule has 1 unspecified atom stereocenters. The van der Waals surface area contributed by atoms with E-state index in [-0.39, 0.29) is 17.9 Å². The van der Waals surface area contributed by atoms with Gasteiger partial charge in [0.1, 0.15) is 17.7 Å². The van der Waals surface area contributed by atoms with Crippen molar-refractivity contribution in [3.05, 3.63) is 46.6 Å². The van der Waals surface area contributed by atoms with Gasteiger partial charge in [0.05, 0.1) is 0 Å². The fraction of sp³-hybridized carbons (Fsp3) is 0.353. The molecule has 0 aliphatic heterocycles. The summed E-state index contributed by atoms with van der Waals surface area (Å²) in [5.74, 6) is -1.74. The highest BCUT2D eigenvalue weighted by Gasteiger charge is 2.22. The van der Waals surface area contributed by atoms with E-state index in [9.17, 15) is 9.59 Å². The first-order valence-corrected chi connectivity index (χ1v) is 7.83. The molecule has 0 fully saturated rings. The molecule has 7 heteroatoms. The van der Waals surface area contributed by atoms with Gasteiger partial charge in [0, 0.05) is 17.8 Å². The molecule has 0 radical (unpaired) electrons. The average Bonchev–Trinajstić information content (AvgIpc) is 2.50. The van der Waals surface area contributed by atoms with Gasteiger partial charge in [-0.2, -0.15) is 5.26 Å². The summed E-state index contributed by atoms with van der Waals surface area (Å²) in [6.45, 7) is 4.10. The van der Waals surface area contributed by atoms with E-state index in [0.717, 1.165) is 5.56 Å². The summed E-state index contributed by atoms with van der Waals surface area (Å²) in [4.78, 5) is 23.2. The first-order chi connectivity index (χ1) is 11.3. The highest BCUT2D eigenvalue weighted by atomic mass is 35.5. The van der Waals surface area contributed by atoms with E-state index in [0.29, 0.717) is 11.6 Å². The van der Waals surface area contributed by atoms with Gasteiger partial charge in [-0.05, 0) is 30.0 Å². The second kappa shape index (κ2) is 9.58. The quantitative estimate of drug-likeness (QED) is 0.494. The van der Waals surface area contributed by atoms with Crippen LogP contribution in [0.2, 0.25) is 5.02 Å². The smallest absolute Gasteiger partial charge is 0.326 e. The molecule has 128 valence electrons. The van der Waals surface area contributed by atoms with E-state index >= 15 is 0 Å². The summed E-state index contributed by atoms with van der Waals surface area (Å²) in [5.41, 5.74) is 0.701. The Balaban J connectivity index is 2.68. The Morgan fingerprint density at radius 1 is 1.42 bits per heavy atom. The molecule has 1 aromatic carbocycles. The van der Waals surface area contributed by atoms with Crippen LogP contribution < -0.4 is 10.6 Å². The zero-order valence-electron chi connectivity index (χ0n) is 13.5. The Morgan fingerprint density at radius 3 is 2.67 bits per heavy atom. The van der Waals surface area contributed by atoms with Gasteiger partial charge in [0.15, 0.2) is 0 Å². The molecule has 1 amide bonds. The van der Waals surface area contributed by atoms with Crippen LogP contribution in [0.25, 0.3) is 0 Å². The van der Waals surface area contributed by atoms with Gasteiger partial charge in [0.2, 0.25) is 0 Å². The van der Waals surface area contributed by atoms with Crippen LogP contribution >= 0.6 is 11.6 Å². The molecule has 0 aliphatic rings.